The van der Waals surface area contributed by atoms with E-state index in [1.54, 1.807) is 6.07 Å². The number of benzene rings is 11. The number of hydrogen-bond donors (Lipinski definition) is 0. The molecule has 0 aliphatic carbocycles. The van der Waals surface area contributed by atoms with E-state index in [0.29, 0.717) is 17.0 Å². The summed E-state index contributed by atoms with van der Waals surface area (Å²) in [6, 6.07) is 95.8. The van der Waals surface area contributed by atoms with E-state index in [2.05, 4.69) is 246 Å². The summed E-state index contributed by atoms with van der Waals surface area (Å²) in [5, 5.41) is 10.4. The molecule has 3 radical (unpaired) electrons. The van der Waals surface area contributed by atoms with E-state index in [1.165, 1.54) is 81.2 Å². The molecule has 11 aromatic carbocycles. The van der Waals surface area contributed by atoms with Gasteiger partial charge in [0.2, 0.25) is 0 Å². The van der Waals surface area contributed by atoms with Crippen molar-refractivity contribution in [3.05, 3.63) is 346 Å². The van der Waals surface area contributed by atoms with Crippen LogP contribution in [0.15, 0.2) is 279 Å². The van der Waals surface area contributed by atoms with Gasteiger partial charge < -0.3 is 22.1 Å². The molecule has 0 saturated carbocycles. The Morgan fingerprint density at radius 3 is 1.16 bits per heavy atom. The highest BCUT2D eigenvalue weighted by Crippen LogP contribution is 2.34. The number of aryl methyl sites for hydroxylation is 10. The van der Waals surface area contributed by atoms with Crippen molar-refractivity contribution in [3.8, 4) is 34.1 Å². The third kappa shape index (κ3) is 15.8. The maximum atomic E-state index is 7.56. The number of rotatable bonds is 19. The van der Waals surface area contributed by atoms with Crippen molar-refractivity contribution in [1.82, 2.24) is 15.0 Å². The summed E-state index contributed by atoms with van der Waals surface area (Å²) in [4.78, 5) is 17.8. The van der Waals surface area contributed by atoms with Gasteiger partial charge in [-0.3, -0.25) is 4.98 Å². The van der Waals surface area contributed by atoms with Crippen LogP contribution < -0.4 is 46.3 Å². The van der Waals surface area contributed by atoms with Crippen molar-refractivity contribution < 1.29 is 22.1 Å². The molecule has 3 aromatic heterocycles. The third-order valence-electron chi connectivity index (χ3n) is 18.3. The van der Waals surface area contributed by atoms with Crippen molar-refractivity contribution in [2.75, 3.05) is 0 Å². The van der Waals surface area contributed by atoms with Gasteiger partial charge >= 0.3 is 47.7 Å². The zero-order valence-electron chi connectivity index (χ0n) is 58.5. The molecule has 0 bridgehead atoms. The van der Waals surface area contributed by atoms with Crippen LogP contribution in [0.5, 0.6) is 23.0 Å². The second kappa shape index (κ2) is 32.7. The van der Waals surface area contributed by atoms with Crippen molar-refractivity contribution in [1.29, 1.82) is 0 Å². The van der Waals surface area contributed by atoms with Gasteiger partial charge in [-0.1, -0.05) is 231 Å². The first-order valence-corrected chi connectivity index (χ1v) is 40.3. The van der Waals surface area contributed by atoms with E-state index in [1.807, 2.05) is 106 Å². The summed E-state index contributed by atoms with van der Waals surface area (Å²) in [6.45, 7) is 28.7. The topological polar surface area (TPSA) is 98.4 Å². The molecule has 0 aliphatic heterocycles. The Morgan fingerprint density at radius 2 is 0.683 bits per heavy atom. The summed E-state index contributed by atoms with van der Waals surface area (Å²) in [7, 11) is -5.87. The summed E-state index contributed by atoms with van der Waals surface area (Å²) in [5.41, 5.74) is 16.8. The van der Waals surface area contributed by atoms with Gasteiger partial charge in [-0.25, -0.2) is 14.8 Å². The molecule has 0 unspecified atom stereocenters. The summed E-state index contributed by atoms with van der Waals surface area (Å²) in [5.74, 6) is 3.00. The highest BCUT2D eigenvalue weighted by atomic mass is 28.4. The predicted octanol–water partition coefficient (Wildman–Crippen LogP) is 16.2. The quantitative estimate of drug-likeness (QED) is 0.0445. The van der Waals surface area contributed by atoms with Crippen molar-refractivity contribution in [3.63, 3.8) is 0 Å². The normalized spacial score (nSPS) is 11.1. The Labute approximate surface area is 615 Å². The smallest absolute Gasteiger partial charge is 0.625 e. The molecule has 0 spiro atoms. The number of aromatic nitrogens is 3. The SMILES string of the molecule is Cc1cc(C)c2cccc([O][Al][O][Si](c3ccccc3C)(c3ccccc3C)c3ccccc3C)c2n1.Cc1ccc2cccc([O][Al][O]c3ccc(-c4ccccc4)cc3)c2n1.[C-]#[N+]c1ccc([O][Al][O][Si](c2ccccc2C)(c2ccccc2C)c2ccccc2C)c2nc(C)ccc12. The van der Waals surface area contributed by atoms with Crippen LogP contribution in [-0.4, -0.2) is 79.2 Å². The van der Waals surface area contributed by atoms with Crippen LogP contribution in [0.2, 0.25) is 0 Å². The van der Waals surface area contributed by atoms with E-state index in [0.717, 1.165) is 61.5 Å². The molecule has 0 N–H and O–H groups in total. The largest absolute Gasteiger partial charge is 0.881 e. The number of fused-ring (bicyclic) bond motifs is 3. The van der Waals surface area contributed by atoms with Crippen LogP contribution in [0.25, 0.3) is 48.7 Å². The fraction of sp³-hybridized carbons (Fsp3) is 0.116. The lowest BCUT2D eigenvalue weighted by Gasteiger charge is -2.37. The van der Waals surface area contributed by atoms with Gasteiger partial charge in [0, 0.05) is 33.2 Å². The van der Waals surface area contributed by atoms with E-state index in [-0.39, 0.29) is 0 Å². The number of nitrogens with zero attached hydrogens (tertiary/aromatic N) is 4. The Kier molecular flexibility index (Phi) is 23.1. The van der Waals surface area contributed by atoms with Crippen LogP contribution in [0.3, 0.4) is 0 Å². The Morgan fingerprint density at radius 1 is 0.297 bits per heavy atom. The van der Waals surface area contributed by atoms with E-state index < -0.39 is 64.3 Å². The monoisotopic (exact) mass is 1400 g/mol. The molecule has 14 aromatic rings. The standard InChI is InChI=1S/2C21H21OSi.C12H10O.C11H8N2O.C11H11NO.C10H9NO.3Al/c2*1-16-10-4-7-13-19(16)23(22,20-14-8-5-11-17(20)2)21-15-9-6-12-18(21)3;13-12-8-6-11(7-9-12)10-4-2-1-3-5-10;1-7-3-4-8-9(12-2)5-6-10(14)11(8)13-7;1-7-6-8(2)12-11-9(7)4-3-5-10(11)13;1-7-5-6-8-3-2-4-9(12)10(8)11-7;;;/h2*4-15H,1-3H3;1-9,13H;3-6,14H,1H3;3-6,13H,1-2H3;2-6,12H,1H3;;;/q2*-1;;;;;3*+2/p-4. The molecule has 15 heteroatoms. The van der Waals surface area contributed by atoms with Gasteiger partial charge in [-0.2, -0.15) is 0 Å². The number of hydrogen-bond acceptors (Lipinski definition) is 9. The molecule has 14 rings (SSSR count). The predicted molar refractivity (Wildman–Crippen MR) is 421 cm³/mol. The number of para-hydroxylation sites is 2. The second-order valence-corrected chi connectivity index (χ2v) is 34.6. The van der Waals surface area contributed by atoms with Gasteiger partial charge in [0.25, 0.3) is 16.6 Å². The second-order valence-electron chi connectivity index (χ2n) is 25.2. The van der Waals surface area contributed by atoms with Crippen LogP contribution in [0, 0.1) is 75.8 Å². The minimum Gasteiger partial charge on any atom is -0.625 e. The zero-order chi connectivity index (χ0) is 70.5. The average Bonchev–Trinajstić information content (AvgIpc) is 0.745. The summed E-state index contributed by atoms with van der Waals surface area (Å²) >= 11 is -2.40. The molecule has 0 amide bonds. The fourth-order valence-electron chi connectivity index (χ4n) is 13.3. The van der Waals surface area contributed by atoms with Crippen LogP contribution in [0.4, 0.5) is 5.69 Å². The Bertz CT molecular complexity index is 5090. The van der Waals surface area contributed by atoms with Gasteiger partial charge in [0.15, 0.2) is 5.69 Å². The first kappa shape index (κ1) is 71.1. The lowest BCUT2D eigenvalue weighted by atomic mass is 10.1. The molecule has 10 nitrogen and oxygen atoms in total. The summed E-state index contributed by atoms with van der Waals surface area (Å²) < 4.78 is 39.0. The van der Waals surface area contributed by atoms with Crippen LogP contribution >= 0.6 is 0 Å². The van der Waals surface area contributed by atoms with Gasteiger partial charge in [-0.05, 0) is 199 Å². The average molecular weight is 1400 g/mol. The first-order valence-electron chi connectivity index (χ1n) is 33.7. The molecule has 0 aliphatic rings. The molecule has 101 heavy (non-hydrogen) atoms. The summed E-state index contributed by atoms with van der Waals surface area (Å²) in [6.07, 6.45) is 0. The molecular formula is C86H76Al3N4O6Si2. The lowest BCUT2D eigenvalue weighted by Crippen LogP contribution is -2.71. The third-order valence-corrected chi connectivity index (χ3v) is 31.2. The minimum atomic E-state index is -2.96. The van der Waals surface area contributed by atoms with Crippen molar-refractivity contribution in [2.24, 2.45) is 0 Å². The highest BCUT2D eigenvalue weighted by Gasteiger charge is 2.46. The molecule has 0 fully saturated rings. The lowest BCUT2D eigenvalue weighted by molar-refractivity contribution is 0.461. The van der Waals surface area contributed by atoms with Gasteiger partial charge in [-0.15, -0.1) is 0 Å². The fourth-order valence-corrected chi connectivity index (χ4v) is 26.6. The highest BCUT2D eigenvalue weighted by molar-refractivity contribution is 7.10. The van der Waals surface area contributed by atoms with E-state index >= 15 is 0 Å². The van der Waals surface area contributed by atoms with Crippen molar-refractivity contribution in [2.45, 2.75) is 69.2 Å². The molecule has 0 atom stereocenters. The maximum absolute atomic E-state index is 7.56. The van der Waals surface area contributed by atoms with E-state index in [4.69, 9.17) is 38.6 Å². The molecule has 3 heterocycles. The zero-order valence-corrected chi connectivity index (χ0v) is 64.0. The Balaban J connectivity index is 0.000000146. The number of pyridine rings is 3. The molecule has 493 valence electrons. The van der Waals surface area contributed by atoms with Gasteiger partial charge in [0.05, 0.1) is 17.8 Å². The van der Waals surface area contributed by atoms with E-state index in [9.17, 15) is 0 Å². The van der Waals surface area contributed by atoms with Crippen molar-refractivity contribution >= 4 is 134 Å². The van der Waals surface area contributed by atoms with Crippen LogP contribution in [-0.2, 0) is 6.96 Å². The minimum absolute atomic E-state index is 0.569. The Hall–Kier alpha value is -9.71. The first-order chi connectivity index (χ1) is 49.2. The maximum Gasteiger partial charge on any atom is 0.881 e. The van der Waals surface area contributed by atoms with Gasteiger partial charge in [0.1, 0.15) is 28.3 Å². The molecular weight excluding hydrogens is 1320 g/mol. The van der Waals surface area contributed by atoms with Crippen LogP contribution in [0.1, 0.15) is 56.0 Å². The molecule has 0 saturated heterocycles.